The van der Waals surface area contributed by atoms with Gasteiger partial charge in [-0.05, 0) is 38.8 Å². The van der Waals surface area contributed by atoms with Crippen molar-refractivity contribution < 1.29 is 19.5 Å². The van der Waals surface area contributed by atoms with Gasteiger partial charge in [-0.25, -0.2) is 0 Å². The van der Waals surface area contributed by atoms with Crippen LogP contribution in [0.1, 0.15) is 26.7 Å². The van der Waals surface area contributed by atoms with Gasteiger partial charge in [-0.15, -0.1) is 11.8 Å². The van der Waals surface area contributed by atoms with Crippen molar-refractivity contribution in [1.29, 1.82) is 0 Å². The number of likely N-dealkylation sites (tertiary alicyclic amines) is 1. The van der Waals surface area contributed by atoms with Gasteiger partial charge in [-0.3, -0.25) is 14.4 Å². The molecule has 0 bridgehead atoms. The zero-order valence-electron chi connectivity index (χ0n) is 20.2. The molecule has 3 amide bonds. The zero-order valence-corrected chi connectivity index (χ0v) is 21.1. The Balaban J connectivity index is 1.58. The number of aliphatic hydroxyl groups excluding tert-OH is 1. The molecule has 186 valence electrons. The van der Waals surface area contributed by atoms with E-state index in [1.165, 1.54) is 0 Å². The molecule has 7 nitrogen and oxygen atoms in total. The number of anilines is 1. The van der Waals surface area contributed by atoms with E-state index in [1.807, 2.05) is 61.2 Å². The molecular formula is C27H33N3O4S. The van der Waals surface area contributed by atoms with Crippen LogP contribution in [0.3, 0.4) is 0 Å². The second-order valence-electron chi connectivity index (χ2n) is 10.0. The summed E-state index contributed by atoms with van der Waals surface area (Å²) in [7, 11) is 0. The summed E-state index contributed by atoms with van der Waals surface area (Å²) < 4.78 is -0.786. The van der Waals surface area contributed by atoms with Crippen LogP contribution < -0.4 is 4.90 Å². The van der Waals surface area contributed by atoms with E-state index in [1.54, 1.807) is 21.6 Å². The number of amides is 3. The standard InChI is InChI=1S/C27H33N3O4S/c1-18(2)28-16-9-13-27-22(25(33)30(14-6-7-17-31)23(27)26(28)34)21-20(35-27)12-8-15-29(24(21)32)19-10-4-3-5-11-19/h3-5,8-13,18,20-23,31H,6-7,14-17H2,1-2H3/t20-,21+,22+,23?,27+/m1/s1. The molecule has 0 saturated carbocycles. The second kappa shape index (κ2) is 9.47. The number of rotatable bonds is 6. The molecule has 4 aliphatic heterocycles. The number of carbonyl (C=O) groups excluding carboxylic acids is 3. The van der Waals surface area contributed by atoms with Gasteiger partial charge in [-0.1, -0.05) is 42.5 Å². The van der Waals surface area contributed by atoms with Crippen molar-refractivity contribution in [3.05, 3.63) is 54.6 Å². The number of nitrogens with zero attached hydrogens (tertiary/aromatic N) is 3. The van der Waals surface area contributed by atoms with E-state index in [9.17, 15) is 19.5 Å². The first kappa shape index (κ1) is 24.1. The Hall–Kier alpha value is -2.58. The van der Waals surface area contributed by atoms with E-state index < -0.39 is 22.6 Å². The second-order valence-corrected chi connectivity index (χ2v) is 11.5. The van der Waals surface area contributed by atoms with Crippen LogP contribution >= 0.6 is 11.8 Å². The monoisotopic (exact) mass is 495 g/mol. The third-order valence-corrected chi connectivity index (χ3v) is 9.43. The molecule has 1 N–H and O–H groups in total. The van der Waals surface area contributed by atoms with Crippen molar-refractivity contribution in [2.75, 3.05) is 31.1 Å². The largest absolute Gasteiger partial charge is 0.396 e. The molecule has 5 rings (SSSR count). The van der Waals surface area contributed by atoms with Crippen molar-refractivity contribution in [1.82, 2.24) is 9.80 Å². The van der Waals surface area contributed by atoms with Crippen LogP contribution in [0.2, 0.25) is 0 Å². The van der Waals surface area contributed by atoms with Crippen LogP contribution in [0.5, 0.6) is 0 Å². The van der Waals surface area contributed by atoms with Gasteiger partial charge in [0, 0.05) is 43.2 Å². The topological polar surface area (TPSA) is 81.2 Å². The maximum absolute atomic E-state index is 14.1. The van der Waals surface area contributed by atoms with Gasteiger partial charge in [0.1, 0.15) is 6.04 Å². The van der Waals surface area contributed by atoms with Crippen LogP contribution in [0, 0.1) is 11.8 Å². The normalized spacial score (nSPS) is 32.1. The minimum absolute atomic E-state index is 0.00252. The number of fused-ring (bicyclic) bond motifs is 2. The van der Waals surface area contributed by atoms with Gasteiger partial charge in [0.05, 0.1) is 16.6 Å². The molecule has 4 aliphatic rings. The van der Waals surface area contributed by atoms with Crippen LogP contribution in [0.4, 0.5) is 5.69 Å². The van der Waals surface area contributed by atoms with Gasteiger partial charge in [0.15, 0.2) is 0 Å². The lowest BCUT2D eigenvalue weighted by molar-refractivity contribution is -0.143. The lowest BCUT2D eigenvalue weighted by atomic mass is 9.78. The first-order valence-corrected chi connectivity index (χ1v) is 13.4. The molecule has 35 heavy (non-hydrogen) atoms. The summed E-state index contributed by atoms with van der Waals surface area (Å²) in [5.41, 5.74) is 0.814. The predicted octanol–water partition coefficient (Wildman–Crippen LogP) is 2.47. The molecule has 4 heterocycles. The smallest absolute Gasteiger partial charge is 0.247 e. The maximum Gasteiger partial charge on any atom is 0.247 e. The molecule has 2 fully saturated rings. The van der Waals surface area contributed by atoms with Gasteiger partial charge < -0.3 is 19.8 Å². The first-order chi connectivity index (χ1) is 16.9. The number of aliphatic hydroxyl groups is 1. The Labute approximate surface area is 210 Å². The SMILES string of the molecule is CC(C)N1CC=C[C@]23S[C@@H]4C=CCN(c5ccccc5)C(=O)[C@@H]4[C@H]2C(=O)N(CCCCO)C3C1=O. The molecule has 1 aromatic carbocycles. The highest BCUT2D eigenvalue weighted by atomic mass is 32.2. The highest BCUT2D eigenvalue weighted by Crippen LogP contribution is 2.61. The molecule has 0 radical (unpaired) electrons. The maximum atomic E-state index is 14.1. The molecule has 8 heteroatoms. The Kier molecular flexibility index (Phi) is 6.53. The Bertz CT molecular complexity index is 1060. The van der Waals surface area contributed by atoms with Crippen LogP contribution in [0.15, 0.2) is 54.6 Å². The number of thioether (sulfide) groups is 1. The van der Waals surface area contributed by atoms with E-state index in [4.69, 9.17) is 0 Å². The molecule has 2 saturated heterocycles. The number of para-hydroxylation sites is 1. The van der Waals surface area contributed by atoms with Crippen molar-refractivity contribution in [2.45, 2.75) is 48.8 Å². The summed E-state index contributed by atoms with van der Waals surface area (Å²) in [6.07, 6.45) is 9.32. The minimum Gasteiger partial charge on any atom is -0.396 e. The van der Waals surface area contributed by atoms with Crippen LogP contribution in [-0.4, -0.2) is 80.9 Å². The van der Waals surface area contributed by atoms with Gasteiger partial charge >= 0.3 is 0 Å². The third-order valence-electron chi connectivity index (χ3n) is 7.69. The molecule has 0 aromatic heterocycles. The van der Waals surface area contributed by atoms with E-state index in [-0.39, 0.29) is 35.6 Å². The minimum atomic E-state index is -0.786. The van der Waals surface area contributed by atoms with Crippen molar-refractivity contribution in [3.63, 3.8) is 0 Å². The Morgan fingerprint density at radius 3 is 2.51 bits per heavy atom. The number of unbranched alkanes of at least 4 members (excludes halogenated alkanes) is 1. The molecule has 1 aromatic rings. The number of hydrogen-bond acceptors (Lipinski definition) is 5. The molecule has 1 spiro atoms. The van der Waals surface area contributed by atoms with Crippen LogP contribution in [-0.2, 0) is 14.4 Å². The van der Waals surface area contributed by atoms with Crippen LogP contribution in [0.25, 0.3) is 0 Å². The van der Waals surface area contributed by atoms with E-state index in [0.717, 1.165) is 5.69 Å². The highest BCUT2D eigenvalue weighted by molar-refractivity contribution is 8.02. The fraction of sp³-hybridized carbons (Fsp3) is 0.519. The average molecular weight is 496 g/mol. The lowest BCUT2D eigenvalue weighted by Gasteiger charge is -2.36. The van der Waals surface area contributed by atoms with E-state index in [0.29, 0.717) is 32.5 Å². The van der Waals surface area contributed by atoms with E-state index >= 15 is 0 Å². The lowest BCUT2D eigenvalue weighted by Crippen LogP contribution is -2.54. The average Bonchev–Trinajstić information content (AvgIpc) is 3.14. The summed E-state index contributed by atoms with van der Waals surface area (Å²) in [6.45, 7) is 5.38. The van der Waals surface area contributed by atoms with Crippen molar-refractivity contribution in [3.8, 4) is 0 Å². The number of carbonyl (C=O) groups is 3. The third kappa shape index (κ3) is 3.82. The first-order valence-electron chi connectivity index (χ1n) is 12.5. The summed E-state index contributed by atoms with van der Waals surface area (Å²) in [5.74, 6) is -1.38. The predicted molar refractivity (Wildman–Crippen MR) is 137 cm³/mol. The zero-order chi connectivity index (χ0) is 24.7. The Morgan fingerprint density at radius 1 is 1.03 bits per heavy atom. The highest BCUT2D eigenvalue weighted by Gasteiger charge is 2.71. The van der Waals surface area contributed by atoms with Gasteiger partial charge in [0.2, 0.25) is 17.7 Å². The quantitative estimate of drug-likeness (QED) is 0.484. The summed E-state index contributed by atoms with van der Waals surface area (Å²) in [6, 6.07) is 8.92. The fourth-order valence-electron chi connectivity index (χ4n) is 6.09. The molecular weight excluding hydrogens is 462 g/mol. The fourth-order valence-corrected chi connectivity index (χ4v) is 8.10. The molecule has 5 atom stereocenters. The summed E-state index contributed by atoms with van der Waals surface area (Å²) >= 11 is 1.61. The summed E-state index contributed by atoms with van der Waals surface area (Å²) in [4.78, 5) is 47.4. The van der Waals surface area contributed by atoms with Gasteiger partial charge in [0.25, 0.3) is 0 Å². The van der Waals surface area contributed by atoms with Crippen molar-refractivity contribution >= 4 is 35.2 Å². The molecule has 1 unspecified atom stereocenters. The number of benzene rings is 1. The number of hydrogen-bond donors (Lipinski definition) is 1. The Morgan fingerprint density at radius 2 is 1.80 bits per heavy atom. The molecule has 0 aliphatic carbocycles. The van der Waals surface area contributed by atoms with Gasteiger partial charge in [-0.2, -0.15) is 0 Å². The van der Waals surface area contributed by atoms with E-state index in [2.05, 4.69) is 12.2 Å². The van der Waals surface area contributed by atoms with Crippen molar-refractivity contribution in [2.24, 2.45) is 11.8 Å². The summed E-state index contributed by atoms with van der Waals surface area (Å²) in [5, 5.41) is 9.15.